The third-order valence-corrected chi connectivity index (χ3v) is 3.12. The predicted octanol–water partition coefficient (Wildman–Crippen LogP) is 2.96. The second-order valence-electron chi connectivity index (χ2n) is 5.25. The molecule has 0 radical (unpaired) electrons. The molecule has 5 heteroatoms. The van der Waals surface area contributed by atoms with E-state index < -0.39 is 0 Å². The lowest BCUT2D eigenvalue weighted by Crippen LogP contribution is -2.40. The molecule has 1 aromatic rings. The SMILES string of the molecule is CC1(C)CC(Nc2cccc([N+](=O)[O-])c2)CCO1. The highest BCUT2D eigenvalue weighted by molar-refractivity contribution is 5.51. The van der Waals surface area contributed by atoms with Crippen LogP contribution in [0.3, 0.4) is 0 Å². The monoisotopic (exact) mass is 250 g/mol. The molecule has 0 bridgehead atoms. The van der Waals surface area contributed by atoms with Gasteiger partial charge in [-0.2, -0.15) is 0 Å². The Balaban J connectivity index is 2.05. The smallest absolute Gasteiger partial charge is 0.271 e. The highest BCUT2D eigenvalue weighted by Gasteiger charge is 2.28. The zero-order valence-corrected chi connectivity index (χ0v) is 10.7. The minimum absolute atomic E-state index is 0.117. The van der Waals surface area contributed by atoms with Crippen LogP contribution in [0.1, 0.15) is 26.7 Å². The summed E-state index contributed by atoms with van der Waals surface area (Å²) in [5, 5.41) is 14.1. The minimum atomic E-state index is -0.376. The second kappa shape index (κ2) is 4.94. The summed E-state index contributed by atoms with van der Waals surface area (Å²) in [5.74, 6) is 0. The molecule has 0 spiro atoms. The Morgan fingerprint density at radius 3 is 2.94 bits per heavy atom. The van der Waals surface area contributed by atoms with Crippen molar-refractivity contribution in [1.82, 2.24) is 0 Å². The van der Waals surface area contributed by atoms with Crippen molar-refractivity contribution in [2.45, 2.75) is 38.3 Å². The molecule has 0 amide bonds. The van der Waals surface area contributed by atoms with E-state index in [-0.39, 0.29) is 16.2 Å². The van der Waals surface area contributed by atoms with Crippen molar-refractivity contribution < 1.29 is 9.66 Å². The topological polar surface area (TPSA) is 64.4 Å². The molecule has 0 saturated carbocycles. The van der Waals surface area contributed by atoms with Gasteiger partial charge in [0.1, 0.15) is 0 Å². The van der Waals surface area contributed by atoms with Gasteiger partial charge in [0, 0.05) is 30.5 Å². The molecule has 1 aromatic carbocycles. The molecular formula is C13H18N2O3. The number of rotatable bonds is 3. The Hall–Kier alpha value is -1.62. The molecule has 98 valence electrons. The summed E-state index contributed by atoms with van der Waals surface area (Å²) in [6.07, 6.45) is 1.82. The van der Waals surface area contributed by atoms with Crippen LogP contribution in [0.4, 0.5) is 11.4 Å². The van der Waals surface area contributed by atoms with Gasteiger partial charge in [-0.1, -0.05) is 6.07 Å². The third-order valence-electron chi connectivity index (χ3n) is 3.12. The van der Waals surface area contributed by atoms with Crippen LogP contribution < -0.4 is 5.32 Å². The third kappa shape index (κ3) is 3.20. The van der Waals surface area contributed by atoms with Gasteiger partial charge >= 0.3 is 0 Å². The first-order chi connectivity index (χ1) is 8.46. The van der Waals surface area contributed by atoms with Gasteiger partial charge in [0.05, 0.1) is 10.5 Å². The van der Waals surface area contributed by atoms with E-state index in [0.29, 0.717) is 6.04 Å². The summed E-state index contributed by atoms with van der Waals surface area (Å²) < 4.78 is 5.65. The molecule has 1 unspecified atom stereocenters. The maximum Gasteiger partial charge on any atom is 0.271 e. The molecule has 1 N–H and O–H groups in total. The van der Waals surface area contributed by atoms with E-state index in [1.54, 1.807) is 12.1 Å². The van der Waals surface area contributed by atoms with Crippen molar-refractivity contribution >= 4 is 11.4 Å². The van der Waals surface area contributed by atoms with Crippen molar-refractivity contribution in [3.63, 3.8) is 0 Å². The zero-order valence-electron chi connectivity index (χ0n) is 10.7. The lowest BCUT2D eigenvalue weighted by molar-refractivity contribution is -0.384. The highest BCUT2D eigenvalue weighted by atomic mass is 16.6. The molecule has 0 aliphatic carbocycles. The molecule has 0 aromatic heterocycles. The predicted molar refractivity (Wildman–Crippen MR) is 69.8 cm³/mol. The molecule has 1 fully saturated rings. The number of anilines is 1. The molecule has 18 heavy (non-hydrogen) atoms. The van der Waals surface area contributed by atoms with Crippen LogP contribution in [0.2, 0.25) is 0 Å². The van der Waals surface area contributed by atoms with Crippen LogP contribution in [-0.2, 0) is 4.74 Å². The van der Waals surface area contributed by atoms with Crippen molar-refractivity contribution in [1.29, 1.82) is 0 Å². The number of nitro benzene ring substituents is 1. The van der Waals surface area contributed by atoms with Gasteiger partial charge < -0.3 is 10.1 Å². The fourth-order valence-corrected chi connectivity index (χ4v) is 2.30. The summed E-state index contributed by atoms with van der Waals surface area (Å²) in [4.78, 5) is 10.3. The Bertz CT molecular complexity index is 446. The number of benzene rings is 1. The number of hydrogen-bond acceptors (Lipinski definition) is 4. The summed E-state index contributed by atoms with van der Waals surface area (Å²) in [7, 11) is 0. The van der Waals surface area contributed by atoms with Crippen LogP contribution in [0.25, 0.3) is 0 Å². The standard InChI is InChI=1S/C13H18N2O3/c1-13(2)9-11(6-7-18-13)14-10-4-3-5-12(8-10)15(16)17/h3-5,8,11,14H,6-7,9H2,1-2H3. The fourth-order valence-electron chi connectivity index (χ4n) is 2.30. The maximum atomic E-state index is 10.7. The summed E-state index contributed by atoms with van der Waals surface area (Å²) in [6, 6.07) is 6.93. The van der Waals surface area contributed by atoms with Gasteiger partial charge in [-0.15, -0.1) is 0 Å². The quantitative estimate of drug-likeness (QED) is 0.661. The number of hydrogen-bond donors (Lipinski definition) is 1. The van der Waals surface area contributed by atoms with Gasteiger partial charge in [0.25, 0.3) is 5.69 Å². The number of nitrogens with zero attached hydrogens (tertiary/aromatic N) is 1. The Morgan fingerprint density at radius 2 is 2.28 bits per heavy atom. The minimum Gasteiger partial charge on any atom is -0.382 e. The second-order valence-corrected chi connectivity index (χ2v) is 5.25. The molecule has 1 aliphatic heterocycles. The first-order valence-corrected chi connectivity index (χ1v) is 6.11. The van der Waals surface area contributed by atoms with Crippen LogP contribution in [0.5, 0.6) is 0 Å². The zero-order chi connectivity index (χ0) is 13.2. The van der Waals surface area contributed by atoms with Crippen LogP contribution >= 0.6 is 0 Å². The van der Waals surface area contributed by atoms with E-state index in [9.17, 15) is 10.1 Å². The molecule has 5 nitrogen and oxygen atoms in total. The number of ether oxygens (including phenoxy) is 1. The average Bonchev–Trinajstić information content (AvgIpc) is 2.28. The van der Waals surface area contributed by atoms with Gasteiger partial charge in [-0.25, -0.2) is 0 Å². The van der Waals surface area contributed by atoms with Crippen molar-refractivity contribution in [2.75, 3.05) is 11.9 Å². The lowest BCUT2D eigenvalue weighted by Gasteiger charge is -2.36. The first kappa shape index (κ1) is 12.8. The number of nitrogens with one attached hydrogen (secondary N) is 1. The van der Waals surface area contributed by atoms with Crippen LogP contribution in [-0.4, -0.2) is 23.2 Å². The highest BCUT2D eigenvalue weighted by Crippen LogP contribution is 2.27. The summed E-state index contributed by atoms with van der Waals surface area (Å²) in [6.45, 7) is 4.85. The molecule has 1 atom stereocenters. The van der Waals surface area contributed by atoms with E-state index in [0.717, 1.165) is 25.1 Å². The average molecular weight is 250 g/mol. The maximum absolute atomic E-state index is 10.7. The largest absolute Gasteiger partial charge is 0.382 e. The van der Waals surface area contributed by atoms with Gasteiger partial charge in [-0.05, 0) is 32.8 Å². The van der Waals surface area contributed by atoms with Crippen molar-refractivity contribution in [2.24, 2.45) is 0 Å². The number of nitro groups is 1. The first-order valence-electron chi connectivity index (χ1n) is 6.11. The van der Waals surface area contributed by atoms with Gasteiger partial charge in [-0.3, -0.25) is 10.1 Å². The Kier molecular flexibility index (Phi) is 3.52. The van der Waals surface area contributed by atoms with Crippen molar-refractivity contribution in [3.8, 4) is 0 Å². The molecule has 1 heterocycles. The fraction of sp³-hybridized carbons (Fsp3) is 0.538. The van der Waals surface area contributed by atoms with E-state index in [1.165, 1.54) is 6.07 Å². The normalized spacial score (nSPS) is 22.4. The lowest BCUT2D eigenvalue weighted by atomic mass is 9.94. The molecule has 1 aliphatic rings. The molecular weight excluding hydrogens is 232 g/mol. The van der Waals surface area contributed by atoms with Crippen LogP contribution in [0.15, 0.2) is 24.3 Å². The van der Waals surface area contributed by atoms with Gasteiger partial charge in [0.15, 0.2) is 0 Å². The van der Waals surface area contributed by atoms with Crippen molar-refractivity contribution in [3.05, 3.63) is 34.4 Å². The van der Waals surface area contributed by atoms with Gasteiger partial charge in [0.2, 0.25) is 0 Å². The number of non-ortho nitro benzene ring substituents is 1. The summed E-state index contributed by atoms with van der Waals surface area (Å²) in [5.41, 5.74) is 0.787. The molecule has 2 rings (SSSR count). The van der Waals surface area contributed by atoms with E-state index in [2.05, 4.69) is 19.2 Å². The van der Waals surface area contributed by atoms with E-state index >= 15 is 0 Å². The molecule has 1 saturated heterocycles. The van der Waals surface area contributed by atoms with Crippen LogP contribution in [0, 0.1) is 10.1 Å². The Morgan fingerprint density at radius 1 is 1.50 bits per heavy atom. The summed E-state index contributed by atoms with van der Waals surface area (Å²) >= 11 is 0. The van der Waals surface area contributed by atoms with E-state index in [4.69, 9.17) is 4.74 Å². The Labute approximate surface area is 106 Å². The van der Waals surface area contributed by atoms with E-state index in [1.807, 2.05) is 6.07 Å².